The number of ether oxygens (including phenoxy) is 3. The number of benzene rings is 1. The third-order valence-corrected chi connectivity index (χ3v) is 3.90. The van der Waals surface area contributed by atoms with Gasteiger partial charge in [0.1, 0.15) is 0 Å². The summed E-state index contributed by atoms with van der Waals surface area (Å²) in [5, 5.41) is 6.71. The first kappa shape index (κ1) is 19.2. The van der Waals surface area contributed by atoms with Gasteiger partial charge in [0, 0.05) is 24.5 Å². The van der Waals surface area contributed by atoms with Crippen LogP contribution < -0.4 is 19.5 Å². The Kier molecular flexibility index (Phi) is 6.05. The van der Waals surface area contributed by atoms with E-state index in [2.05, 4.69) is 20.4 Å². The van der Waals surface area contributed by atoms with Crippen LogP contribution in [0, 0.1) is 0 Å². The monoisotopic (exact) mass is 384 g/mol. The van der Waals surface area contributed by atoms with Crippen molar-refractivity contribution in [2.75, 3.05) is 26.6 Å². The number of aromatic nitrogens is 3. The Morgan fingerprint density at radius 1 is 1.07 bits per heavy atom. The van der Waals surface area contributed by atoms with Crippen LogP contribution in [0.15, 0.2) is 41.1 Å². The van der Waals surface area contributed by atoms with Crippen molar-refractivity contribution in [3.63, 3.8) is 0 Å². The lowest BCUT2D eigenvalue weighted by Gasteiger charge is -2.07. The first-order valence-corrected chi connectivity index (χ1v) is 8.48. The van der Waals surface area contributed by atoms with Crippen LogP contribution in [-0.4, -0.2) is 42.4 Å². The van der Waals surface area contributed by atoms with Crippen molar-refractivity contribution >= 4 is 11.6 Å². The first-order valence-electron chi connectivity index (χ1n) is 8.48. The van der Waals surface area contributed by atoms with Gasteiger partial charge in [-0.05, 0) is 24.3 Å². The Morgan fingerprint density at radius 2 is 1.89 bits per heavy atom. The van der Waals surface area contributed by atoms with Gasteiger partial charge in [0.05, 0.1) is 33.2 Å². The topological polar surface area (TPSA) is 109 Å². The molecule has 28 heavy (non-hydrogen) atoms. The molecule has 1 N–H and O–H groups in total. The molecule has 3 rings (SSSR count). The fourth-order valence-corrected chi connectivity index (χ4v) is 2.47. The van der Waals surface area contributed by atoms with Gasteiger partial charge in [0.25, 0.3) is 0 Å². The van der Waals surface area contributed by atoms with E-state index in [1.807, 2.05) is 0 Å². The van der Waals surface area contributed by atoms with E-state index in [9.17, 15) is 4.79 Å². The average Bonchev–Trinajstić information content (AvgIpc) is 3.21. The van der Waals surface area contributed by atoms with Crippen LogP contribution in [0.2, 0.25) is 0 Å². The second kappa shape index (κ2) is 8.85. The summed E-state index contributed by atoms with van der Waals surface area (Å²) in [7, 11) is 4.65. The van der Waals surface area contributed by atoms with E-state index >= 15 is 0 Å². The molecule has 9 nitrogen and oxygen atoms in total. The number of hydrogen-bond donors (Lipinski definition) is 1. The van der Waals surface area contributed by atoms with Gasteiger partial charge in [0.2, 0.25) is 23.5 Å². The number of pyridine rings is 1. The Hall–Kier alpha value is -3.62. The van der Waals surface area contributed by atoms with Crippen LogP contribution in [0.3, 0.4) is 0 Å². The van der Waals surface area contributed by atoms with E-state index in [1.54, 1.807) is 44.6 Å². The molecule has 0 spiro atoms. The zero-order valence-electron chi connectivity index (χ0n) is 15.8. The van der Waals surface area contributed by atoms with E-state index in [0.717, 1.165) is 5.56 Å². The van der Waals surface area contributed by atoms with Crippen LogP contribution in [0.5, 0.6) is 17.4 Å². The number of aryl methyl sites for hydroxylation is 1. The summed E-state index contributed by atoms with van der Waals surface area (Å²) >= 11 is 0. The molecule has 1 amide bonds. The predicted molar refractivity (Wildman–Crippen MR) is 101 cm³/mol. The van der Waals surface area contributed by atoms with Crippen LogP contribution in [0.25, 0.3) is 11.4 Å². The summed E-state index contributed by atoms with van der Waals surface area (Å²) in [5.41, 5.74) is 1.31. The molecule has 0 saturated heterocycles. The van der Waals surface area contributed by atoms with E-state index in [1.165, 1.54) is 13.3 Å². The average molecular weight is 384 g/mol. The van der Waals surface area contributed by atoms with Crippen molar-refractivity contribution in [1.29, 1.82) is 0 Å². The quantitative estimate of drug-likeness (QED) is 0.631. The number of carbonyl (C=O) groups is 1. The molecule has 0 unspecified atom stereocenters. The zero-order valence-corrected chi connectivity index (χ0v) is 15.8. The molecule has 0 aliphatic rings. The molecule has 0 atom stereocenters. The lowest BCUT2D eigenvalue weighted by atomic mass is 10.2. The molecule has 9 heteroatoms. The SMILES string of the molecule is COc1ccc(NC(=O)CCc2nc(-c3ccc(OC)c(OC)c3)no2)cn1. The van der Waals surface area contributed by atoms with E-state index in [-0.39, 0.29) is 12.3 Å². The predicted octanol–water partition coefficient (Wildman–Crippen LogP) is 2.73. The van der Waals surface area contributed by atoms with Gasteiger partial charge in [0.15, 0.2) is 11.5 Å². The minimum absolute atomic E-state index is 0.183. The lowest BCUT2D eigenvalue weighted by Crippen LogP contribution is -2.12. The zero-order chi connectivity index (χ0) is 19.9. The number of nitrogens with zero attached hydrogens (tertiary/aromatic N) is 3. The second-order valence-electron chi connectivity index (χ2n) is 5.72. The highest BCUT2D eigenvalue weighted by Crippen LogP contribution is 2.31. The molecule has 2 aromatic heterocycles. The van der Waals surface area contributed by atoms with Crippen LogP contribution in [-0.2, 0) is 11.2 Å². The lowest BCUT2D eigenvalue weighted by molar-refractivity contribution is -0.116. The number of anilines is 1. The Bertz CT molecular complexity index is 940. The number of carbonyl (C=O) groups excluding carboxylic acids is 1. The molecule has 1 aromatic carbocycles. The molecule has 0 fully saturated rings. The molecule has 0 bridgehead atoms. The fraction of sp³-hybridized carbons (Fsp3) is 0.263. The Labute approximate surface area is 161 Å². The van der Waals surface area contributed by atoms with Crippen molar-refractivity contribution in [1.82, 2.24) is 15.1 Å². The summed E-state index contributed by atoms with van der Waals surface area (Å²) in [6, 6.07) is 8.71. The number of amides is 1. The van der Waals surface area contributed by atoms with Crippen molar-refractivity contribution < 1.29 is 23.5 Å². The van der Waals surface area contributed by atoms with Crippen LogP contribution in [0.1, 0.15) is 12.3 Å². The highest BCUT2D eigenvalue weighted by Gasteiger charge is 2.13. The standard InChI is InChI=1S/C19H20N4O5/c1-25-14-6-4-12(10-15(14)26-2)19-22-18(28-23-19)9-7-16(24)21-13-5-8-17(27-3)20-11-13/h4-6,8,10-11H,7,9H2,1-3H3,(H,21,24). The summed E-state index contributed by atoms with van der Waals surface area (Å²) in [4.78, 5) is 20.4. The Balaban J connectivity index is 1.59. The maximum atomic E-state index is 12.1. The van der Waals surface area contributed by atoms with Crippen molar-refractivity contribution in [2.24, 2.45) is 0 Å². The maximum absolute atomic E-state index is 12.1. The van der Waals surface area contributed by atoms with E-state index in [0.29, 0.717) is 41.2 Å². The van der Waals surface area contributed by atoms with Crippen LogP contribution in [0.4, 0.5) is 5.69 Å². The summed E-state index contributed by atoms with van der Waals surface area (Å²) < 4.78 is 20.7. The molecular weight excluding hydrogens is 364 g/mol. The molecule has 146 valence electrons. The minimum atomic E-state index is -0.183. The fourth-order valence-electron chi connectivity index (χ4n) is 2.47. The third kappa shape index (κ3) is 4.56. The first-order chi connectivity index (χ1) is 13.6. The summed E-state index contributed by atoms with van der Waals surface area (Å²) in [6.07, 6.45) is 2.04. The van der Waals surface area contributed by atoms with Gasteiger partial charge in [-0.1, -0.05) is 5.16 Å². The molecular formula is C19H20N4O5. The maximum Gasteiger partial charge on any atom is 0.227 e. The van der Waals surface area contributed by atoms with E-state index < -0.39 is 0 Å². The molecule has 0 radical (unpaired) electrons. The normalized spacial score (nSPS) is 10.4. The molecule has 2 heterocycles. The number of methoxy groups -OCH3 is 3. The largest absolute Gasteiger partial charge is 0.493 e. The summed E-state index contributed by atoms with van der Waals surface area (Å²) in [6.45, 7) is 0. The highest BCUT2D eigenvalue weighted by molar-refractivity contribution is 5.90. The van der Waals surface area contributed by atoms with Crippen molar-refractivity contribution in [2.45, 2.75) is 12.8 Å². The van der Waals surface area contributed by atoms with Gasteiger partial charge in [-0.2, -0.15) is 4.98 Å². The number of rotatable bonds is 8. The number of hydrogen-bond acceptors (Lipinski definition) is 8. The summed E-state index contributed by atoms with van der Waals surface area (Å²) in [5.74, 6) is 2.26. The third-order valence-electron chi connectivity index (χ3n) is 3.90. The molecule has 0 aliphatic heterocycles. The van der Waals surface area contributed by atoms with Gasteiger partial charge in [-0.3, -0.25) is 4.79 Å². The molecule has 3 aromatic rings. The van der Waals surface area contributed by atoms with Crippen molar-refractivity contribution in [3.8, 4) is 28.8 Å². The van der Waals surface area contributed by atoms with Gasteiger partial charge in [-0.25, -0.2) is 4.98 Å². The van der Waals surface area contributed by atoms with E-state index in [4.69, 9.17) is 18.7 Å². The molecule has 0 aliphatic carbocycles. The smallest absolute Gasteiger partial charge is 0.227 e. The molecule has 0 saturated carbocycles. The van der Waals surface area contributed by atoms with Crippen molar-refractivity contribution in [3.05, 3.63) is 42.4 Å². The number of nitrogens with one attached hydrogen (secondary N) is 1. The highest BCUT2D eigenvalue weighted by atomic mass is 16.5. The van der Waals surface area contributed by atoms with Gasteiger partial charge < -0.3 is 24.1 Å². The van der Waals surface area contributed by atoms with Gasteiger partial charge in [-0.15, -0.1) is 0 Å². The second-order valence-corrected chi connectivity index (χ2v) is 5.72. The Morgan fingerprint density at radius 3 is 2.57 bits per heavy atom. The van der Waals surface area contributed by atoms with Gasteiger partial charge >= 0.3 is 0 Å². The minimum Gasteiger partial charge on any atom is -0.493 e. The van der Waals surface area contributed by atoms with Crippen LogP contribution >= 0.6 is 0 Å².